The first-order valence-corrected chi connectivity index (χ1v) is 6.61. The Morgan fingerprint density at radius 3 is 2.61 bits per heavy atom. The highest BCUT2D eigenvalue weighted by Crippen LogP contribution is 2.25. The summed E-state index contributed by atoms with van der Waals surface area (Å²) in [5.74, 6) is 0.934. The molecule has 102 valence electrons. The van der Waals surface area contributed by atoms with Crippen molar-refractivity contribution in [3.63, 3.8) is 0 Å². The molecule has 1 amide bonds. The highest BCUT2D eigenvalue weighted by atomic mass is 16.3. The van der Waals surface area contributed by atoms with Crippen LogP contribution in [0.2, 0.25) is 0 Å². The largest absolute Gasteiger partial charge is 0.469 e. The van der Waals surface area contributed by atoms with Crippen LogP contribution >= 0.6 is 0 Å². The average Bonchev–Trinajstić information content (AvgIpc) is 2.84. The molecule has 1 rings (SSSR count). The van der Waals surface area contributed by atoms with E-state index in [1.807, 2.05) is 32.9 Å². The van der Waals surface area contributed by atoms with Crippen LogP contribution in [0, 0.1) is 5.41 Å². The second kappa shape index (κ2) is 6.59. The molecule has 1 aromatic heterocycles. The number of carbonyl (C=O) groups excluding carboxylic acids is 1. The summed E-state index contributed by atoms with van der Waals surface area (Å²) in [6.07, 6.45) is 3.87. The van der Waals surface area contributed by atoms with Gasteiger partial charge in [-0.15, -0.1) is 0 Å². The van der Waals surface area contributed by atoms with E-state index in [1.54, 1.807) is 6.26 Å². The van der Waals surface area contributed by atoms with E-state index in [2.05, 4.69) is 5.32 Å². The maximum Gasteiger partial charge on any atom is 0.227 e. The summed E-state index contributed by atoms with van der Waals surface area (Å²) in [5, 5.41) is 3.03. The Morgan fingerprint density at radius 1 is 1.50 bits per heavy atom. The summed E-state index contributed by atoms with van der Waals surface area (Å²) < 4.78 is 5.27. The molecule has 3 N–H and O–H groups in total. The van der Waals surface area contributed by atoms with Gasteiger partial charge in [0.2, 0.25) is 5.91 Å². The van der Waals surface area contributed by atoms with Gasteiger partial charge in [0.25, 0.3) is 0 Å². The van der Waals surface area contributed by atoms with Gasteiger partial charge in [0.1, 0.15) is 5.76 Å². The first-order valence-electron chi connectivity index (χ1n) is 6.61. The second-order valence-electron chi connectivity index (χ2n) is 4.85. The minimum absolute atomic E-state index is 0.0488. The van der Waals surface area contributed by atoms with Crippen LogP contribution in [0.3, 0.4) is 0 Å². The Labute approximate surface area is 109 Å². The number of hydrogen-bond acceptors (Lipinski definition) is 3. The van der Waals surface area contributed by atoms with Crippen LogP contribution in [0.4, 0.5) is 0 Å². The molecule has 0 bridgehead atoms. The van der Waals surface area contributed by atoms with Crippen molar-refractivity contribution in [2.75, 3.05) is 6.54 Å². The Bertz CT molecular complexity index is 348. The van der Waals surface area contributed by atoms with Crippen LogP contribution in [0.25, 0.3) is 0 Å². The molecular formula is C14H24N2O2. The van der Waals surface area contributed by atoms with Gasteiger partial charge < -0.3 is 15.5 Å². The third-order valence-corrected chi connectivity index (χ3v) is 3.69. The molecule has 1 aromatic rings. The number of carbonyl (C=O) groups is 1. The Balaban J connectivity index is 2.57. The zero-order chi connectivity index (χ0) is 13.6. The van der Waals surface area contributed by atoms with E-state index in [-0.39, 0.29) is 11.9 Å². The molecule has 0 aliphatic carbocycles. The van der Waals surface area contributed by atoms with Gasteiger partial charge >= 0.3 is 0 Å². The van der Waals surface area contributed by atoms with Crippen molar-refractivity contribution in [3.05, 3.63) is 24.2 Å². The van der Waals surface area contributed by atoms with E-state index >= 15 is 0 Å². The molecule has 0 radical (unpaired) electrons. The lowest BCUT2D eigenvalue weighted by atomic mass is 9.81. The molecule has 4 nitrogen and oxygen atoms in total. The molecule has 1 unspecified atom stereocenters. The van der Waals surface area contributed by atoms with E-state index < -0.39 is 5.41 Å². The fraction of sp³-hybridized carbons (Fsp3) is 0.643. The fourth-order valence-electron chi connectivity index (χ4n) is 2.11. The number of nitrogens with two attached hydrogens (primary N) is 1. The summed E-state index contributed by atoms with van der Waals surface area (Å²) in [6, 6.07) is 3.82. The lowest BCUT2D eigenvalue weighted by molar-refractivity contribution is -0.131. The average molecular weight is 252 g/mol. The van der Waals surface area contributed by atoms with Gasteiger partial charge in [0, 0.05) is 19.0 Å². The lowest BCUT2D eigenvalue weighted by Crippen LogP contribution is -2.48. The summed E-state index contributed by atoms with van der Waals surface area (Å²) in [4.78, 5) is 12.3. The van der Waals surface area contributed by atoms with Gasteiger partial charge in [0.15, 0.2) is 0 Å². The van der Waals surface area contributed by atoms with E-state index in [4.69, 9.17) is 10.2 Å². The molecule has 0 fully saturated rings. The third kappa shape index (κ3) is 3.35. The minimum atomic E-state index is -0.433. The number of amides is 1. The van der Waals surface area contributed by atoms with Crippen LogP contribution < -0.4 is 11.1 Å². The van der Waals surface area contributed by atoms with Crippen molar-refractivity contribution in [1.82, 2.24) is 5.32 Å². The van der Waals surface area contributed by atoms with Crippen molar-refractivity contribution < 1.29 is 9.21 Å². The predicted octanol–water partition coefficient (Wildman–Crippen LogP) is 2.09. The second-order valence-corrected chi connectivity index (χ2v) is 4.85. The van der Waals surface area contributed by atoms with Gasteiger partial charge in [-0.2, -0.15) is 0 Å². The van der Waals surface area contributed by atoms with E-state index in [1.165, 1.54) is 0 Å². The van der Waals surface area contributed by atoms with Gasteiger partial charge in [-0.1, -0.05) is 13.8 Å². The Morgan fingerprint density at radius 2 is 2.17 bits per heavy atom. The third-order valence-electron chi connectivity index (χ3n) is 3.69. The van der Waals surface area contributed by atoms with Crippen molar-refractivity contribution >= 4 is 5.91 Å². The molecule has 4 heteroatoms. The SMILES string of the molecule is CCC(CC)(CN)C(=O)NC(C)Cc1ccco1. The molecular weight excluding hydrogens is 228 g/mol. The number of nitrogens with one attached hydrogen (secondary N) is 1. The van der Waals surface area contributed by atoms with Gasteiger partial charge in [-0.3, -0.25) is 4.79 Å². The first-order chi connectivity index (χ1) is 8.57. The van der Waals surface area contributed by atoms with Gasteiger partial charge in [-0.25, -0.2) is 0 Å². The molecule has 0 aromatic carbocycles. The smallest absolute Gasteiger partial charge is 0.227 e. The molecule has 0 aliphatic rings. The standard InChI is InChI=1S/C14H24N2O2/c1-4-14(5-2,10-15)13(17)16-11(3)9-12-7-6-8-18-12/h6-8,11H,4-5,9-10,15H2,1-3H3,(H,16,17). The van der Waals surface area contributed by atoms with Gasteiger partial charge in [0.05, 0.1) is 11.7 Å². The van der Waals surface area contributed by atoms with Crippen molar-refractivity contribution in [2.24, 2.45) is 11.1 Å². The highest BCUT2D eigenvalue weighted by molar-refractivity contribution is 5.83. The molecule has 1 atom stereocenters. The highest BCUT2D eigenvalue weighted by Gasteiger charge is 2.33. The maximum absolute atomic E-state index is 12.3. The van der Waals surface area contributed by atoms with Gasteiger partial charge in [-0.05, 0) is 31.9 Å². The molecule has 0 saturated carbocycles. The minimum Gasteiger partial charge on any atom is -0.469 e. The van der Waals surface area contributed by atoms with E-state index in [9.17, 15) is 4.79 Å². The van der Waals surface area contributed by atoms with Crippen molar-refractivity contribution in [3.8, 4) is 0 Å². The van der Waals surface area contributed by atoms with Crippen molar-refractivity contribution in [1.29, 1.82) is 0 Å². The zero-order valence-electron chi connectivity index (χ0n) is 11.5. The van der Waals surface area contributed by atoms with Crippen LogP contribution in [0.1, 0.15) is 39.4 Å². The summed E-state index contributed by atoms with van der Waals surface area (Å²) in [6.45, 7) is 6.38. The van der Waals surface area contributed by atoms with Crippen LogP contribution in [-0.2, 0) is 11.2 Å². The summed E-state index contributed by atoms with van der Waals surface area (Å²) in [7, 11) is 0. The molecule has 1 heterocycles. The molecule has 18 heavy (non-hydrogen) atoms. The molecule has 0 spiro atoms. The normalized spacial score (nSPS) is 13.3. The number of furan rings is 1. The van der Waals surface area contributed by atoms with E-state index in [0.29, 0.717) is 13.0 Å². The van der Waals surface area contributed by atoms with Crippen LogP contribution in [0.5, 0.6) is 0 Å². The predicted molar refractivity (Wildman–Crippen MR) is 72.1 cm³/mol. The number of hydrogen-bond donors (Lipinski definition) is 2. The van der Waals surface area contributed by atoms with Crippen LogP contribution in [-0.4, -0.2) is 18.5 Å². The molecule has 0 saturated heterocycles. The topological polar surface area (TPSA) is 68.3 Å². The van der Waals surface area contributed by atoms with Crippen molar-refractivity contribution in [2.45, 2.75) is 46.1 Å². The monoisotopic (exact) mass is 252 g/mol. The first kappa shape index (κ1) is 14.8. The van der Waals surface area contributed by atoms with Crippen LogP contribution in [0.15, 0.2) is 22.8 Å². The maximum atomic E-state index is 12.3. The Kier molecular flexibility index (Phi) is 5.41. The zero-order valence-corrected chi connectivity index (χ0v) is 11.5. The van der Waals surface area contributed by atoms with E-state index in [0.717, 1.165) is 18.6 Å². The fourth-order valence-corrected chi connectivity index (χ4v) is 2.11. The lowest BCUT2D eigenvalue weighted by Gasteiger charge is -2.30. The quantitative estimate of drug-likeness (QED) is 0.780. The Hall–Kier alpha value is -1.29. The molecule has 0 aliphatic heterocycles. The number of rotatable bonds is 7. The summed E-state index contributed by atoms with van der Waals surface area (Å²) in [5.41, 5.74) is 5.33. The summed E-state index contributed by atoms with van der Waals surface area (Å²) >= 11 is 0.